The van der Waals surface area contributed by atoms with Crippen LogP contribution in [0.15, 0.2) is 53.4 Å². The number of nitrogens with one attached hydrogen (secondary N) is 1. The van der Waals surface area contributed by atoms with E-state index in [4.69, 9.17) is 21.3 Å². The number of anilines is 1. The van der Waals surface area contributed by atoms with Crippen LogP contribution in [-0.4, -0.2) is 30.3 Å². The minimum absolute atomic E-state index is 0.0635. The van der Waals surface area contributed by atoms with Gasteiger partial charge in [-0.25, -0.2) is 13.4 Å². The number of sulfonamides is 1. The van der Waals surface area contributed by atoms with E-state index in [2.05, 4.69) is 9.82 Å². The minimum atomic E-state index is -4.00. The number of pyridine rings is 1. The van der Waals surface area contributed by atoms with Gasteiger partial charge < -0.3 is 4.74 Å². The number of methoxy groups -OCH3 is 1. The number of aromatic nitrogens is 3. The topological polar surface area (TPSA) is 86.1 Å². The summed E-state index contributed by atoms with van der Waals surface area (Å²) < 4.78 is 35.6. The molecule has 0 aliphatic heterocycles. The molecule has 1 N–H and O–H groups in total. The molecule has 0 atom stereocenters. The quantitative estimate of drug-likeness (QED) is 0.465. The Morgan fingerprint density at radius 1 is 1.03 bits per heavy atom. The van der Waals surface area contributed by atoms with Crippen LogP contribution >= 0.6 is 11.6 Å². The van der Waals surface area contributed by atoms with Gasteiger partial charge in [0.15, 0.2) is 5.82 Å². The maximum atomic E-state index is 13.1. The number of benzene rings is 2. The Hall–Kier alpha value is -3.10. The maximum absolute atomic E-state index is 13.1. The predicted octanol–water partition coefficient (Wildman–Crippen LogP) is 4.81. The first kappa shape index (κ1) is 21.1. The molecule has 2 heterocycles. The summed E-state index contributed by atoms with van der Waals surface area (Å²) in [5.41, 5.74) is 3.52. The molecule has 0 amide bonds. The molecule has 4 rings (SSSR count). The lowest BCUT2D eigenvalue weighted by atomic mass is 10.1. The maximum Gasteiger partial charge on any atom is 0.266 e. The van der Waals surface area contributed by atoms with Gasteiger partial charge >= 0.3 is 0 Å². The molecule has 9 heteroatoms. The molecule has 2 aromatic carbocycles. The molecule has 4 aromatic rings. The lowest BCUT2D eigenvalue weighted by Gasteiger charge is -2.14. The number of hydrogen-bond acceptors (Lipinski definition) is 5. The van der Waals surface area contributed by atoms with Crippen molar-refractivity contribution in [2.24, 2.45) is 0 Å². The third-order valence-electron chi connectivity index (χ3n) is 4.94. The van der Waals surface area contributed by atoms with Crippen LogP contribution in [0.5, 0.6) is 5.75 Å². The van der Waals surface area contributed by atoms with Crippen LogP contribution in [-0.2, 0) is 10.0 Å². The third kappa shape index (κ3) is 3.96. The van der Waals surface area contributed by atoms with Gasteiger partial charge in [-0.1, -0.05) is 29.8 Å². The molecule has 0 aliphatic carbocycles. The van der Waals surface area contributed by atoms with E-state index in [1.54, 1.807) is 19.1 Å². The zero-order valence-electron chi connectivity index (χ0n) is 17.5. The zero-order chi connectivity index (χ0) is 22.3. The predicted molar refractivity (Wildman–Crippen MR) is 122 cm³/mol. The standard InChI is InChI=1S/C22H21ClN4O3S/c1-13-6-5-7-17-14(2)10-20(24-22(13)17)27-21(11-15(3)25-27)26-31(28,29)19-12-16(23)8-9-18(19)30-4/h5-12,26H,1-4H3. The first-order valence-electron chi connectivity index (χ1n) is 9.50. The molecule has 160 valence electrons. The highest BCUT2D eigenvalue weighted by Gasteiger charge is 2.23. The van der Waals surface area contributed by atoms with E-state index in [-0.39, 0.29) is 21.5 Å². The highest BCUT2D eigenvalue weighted by atomic mass is 35.5. The van der Waals surface area contributed by atoms with Gasteiger partial charge in [-0.05, 0) is 56.2 Å². The highest BCUT2D eigenvalue weighted by molar-refractivity contribution is 7.92. The average molecular weight is 457 g/mol. The lowest BCUT2D eigenvalue weighted by Crippen LogP contribution is -2.17. The van der Waals surface area contributed by atoms with Crippen molar-refractivity contribution in [2.75, 3.05) is 11.8 Å². The van der Waals surface area contributed by atoms with Crippen molar-refractivity contribution in [2.45, 2.75) is 25.7 Å². The second kappa shape index (κ2) is 7.86. The number of rotatable bonds is 5. The summed E-state index contributed by atoms with van der Waals surface area (Å²) in [5.74, 6) is 0.970. The molecule has 0 spiro atoms. The molecule has 0 fully saturated rings. The number of nitrogens with zero attached hydrogens (tertiary/aromatic N) is 3. The Balaban J connectivity index is 1.83. The summed E-state index contributed by atoms with van der Waals surface area (Å²) in [5, 5.41) is 5.79. The summed E-state index contributed by atoms with van der Waals surface area (Å²) in [6, 6.07) is 13.9. The fourth-order valence-corrected chi connectivity index (χ4v) is 4.92. The molecular weight excluding hydrogens is 436 g/mol. The van der Waals surface area contributed by atoms with Crippen molar-refractivity contribution >= 4 is 38.3 Å². The van der Waals surface area contributed by atoms with E-state index in [9.17, 15) is 8.42 Å². The second-order valence-corrected chi connectivity index (χ2v) is 9.34. The number of fused-ring (bicyclic) bond motifs is 1. The summed E-state index contributed by atoms with van der Waals surface area (Å²) in [6.45, 7) is 5.76. The summed E-state index contributed by atoms with van der Waals surface area (Å²) >= 11 is 6.03. The van der Waals surface area contributed by atoms with Crippen LogP contribution in [0.1, 0.15) is 16.8 Å². The first-order chi connectivity index (χ1) is 14.7. The summed E-state index contributed by atoms with van der Waals surface area (Å²) in [7, 11) is -2.60. The number of halogens is 1. The van der Waals surface area contributed by atoms with Crippen molar-refractivity contribution in [1.29, 1.82) is 0 Å². The lowest BCUT2D eigenvalue weighted by molar-refractivity contribution is 0.403. The van der Waals surface area contributed by atoms with Crippen LogP contribution in [0.4, 0.5) is 5.82 Å². The number of hydrogen-bond donors (Lipinski definition) is 1. The molecule has 0 unspecified atom stereocenters. The first-order valence-corrected chi connectivity index (χ1v) is 11.4. The largest absolute Gasteiger partial charge is 0.495 e. The Bertz CT molecular complexity index is 1410. The number of aryl methyl sites for hydroxylation is 3. The van der Waals surface area contributed by atoms with Crippen molar-refractivity contribution in [1.82, 2.24) is 14.8 Å². The van der Waals surface area contributed by atoms with Crippen molar-refractivity contribution in [3.63, 3.8) is 0 Å². The molecule has 0 radical (unpaired) electrons. The van der Waals surface area contributed by atoms with Gasteiger partial charge in [0.1, 0.15) is 16.5 Å². The van der Waals surface area contributed by atoms with E-state index < -0.39 is 10.0 Å². The number of para-hydroxylation sites is 1. The minimum Gasteiger partial charge on any atom is -0.495 e. The molecule has 31 heavy (non-hydrogen) atoms. The average Bonchev–Trinajstić information content (AvgIpc) is 3.08. The second-order valence-electron chi connectivity index (χ2n) is 7.25. The fraction of sp³-hybridized carbons (Fsp3) is 0.182. The molecule has 2 aromatic heterocycles. The Morgan fingerprint density at radius 2 is 1.81 bits per heavy atom. The Morgan fingerprint density at radius 3 is 2.55 bits per heavy atom. The molecule has 7 nitrogen and oxygen atoms in total. The van der Waals surface area contributed by atoms with Crippen molar-refractivity contribution in [3.05, 3.63) is 70.4 Å². The van der Waals surface area contributed by atoms with Crippen LogP contribution < -0.4 is 9.46 Å². The smallest absolute Gasteiger partial charge is 0.266 e. The summed E-state index contributed by atoms with van der Waals surface area (Å²) in [4.78, 5) is 4.69. The van der Waals surface area contributed by atoms with Crippen molar-refractivity contribution < 1.29 is 13.2 Å². The van der Waals surface area contributed by atoms with E-state index in [0.29, 0.717) is 11.5 Å². The van der Waals surface area contributed by atoms with Gasteiger partial charge in [-0.15, -0.1) is 0 Å². The van der Waals surface area contributed by atoms with Crippen molar-refractivity contribution in [3.8, 4) is 11.6 Å². The van der Waals surface area contributed by atoms with Gasteiger partial charge in [0.25, 0.3) is 10.0 Å². The molecular formula is C22H21ClN4O3S. The SMILES string of the molecule is COc1ccc(Cl)cc1S(=O)(=O)Nc1cc(C)nn1-c1cc(C)c2cccc(C)c2n1. The Labute approximate surface area is 185 Å². The highest BCUT2D eigenvalue weighted by Crippen LogP contribution is 2.30. The third-order valence-corrected chi connectivity index (χ3v) is 6.55. The van der Waals surface area contributed by atoms with E-state index >= 15 is 0 Å². The summed E-state index contributed by atoms with van der Waals surface area (Å²) in [6.07, 6.45) is 0. The van der Waals surface area contributed by atoms with E-state index in [0.717, 1.165) is 22.0 Å². The van der Waals surface area contributed by atoms with Gasteiger partial charge in [-0.2, -0.15) is 9.78 Å². The van der Waals surface area contributed by atoms with Gasteiger partial charge in [0, 0.05) is 16.5 Å². The monoisotopic (exact) mass is 456 g/mol. The number of ether oxygens (including phenoxy) is 1. The van der Waals surface area contributed by atoms with Crippen LogP contribution in [0.25, 0.3) is 16.7 Å². The van der Waals surface area contributed by atoms with Gasteiger partial charge in [-0.3, -0.25) is 4.72 Å². The molecule has 0 saturated carbocycles. The van der Waals surface area contributed by atoms with Crippen LogP contribution in [0.3, 0.4) is 0 Å². The van der Waals surface area contributed by atoms with Gasteiger partial charge in [0.05, 0.1) is 18.3 Å². The van der Waals surface area contributed by atoms with Crippen LogP contribution in [0, 0.1) is 20.8 Å². The zero-order valence-corrected chi connectivity index (χ0v) is 19.0. The van der Waals surface area contributed by atoms with E-state index in [1.165, 1.54) is 23.9 Å². The van der Waals surface area contributed by atoms with Crippen LogP contribution in [0.2, 0.25) is 5.02 Å². The van der Waals surface area contributed by atoms with E-state index in [1.807, 2.05) is 38.1 Å². The Kier molecular flexibility index (Phi) is 5.36. The normalized spacial score (nSPS) is 11.6. The fourth-order valence-electron chi connectivity index (χ4n) is 3.45. The molecule has 0 bridgehead atoms. The van der Waals surface area contributed by atoms with Gasteiger partial charge in [0.2, 0.25) is 0 Å². The molecule has 0 aliphatic rings. The molecule has 0 saturated heterocycles.